The molecule has 41 heavy (non-hydrogen) atoms. The van der Waals surface area contributed by atoms with E-state index in [-0.39, 0.29) is 18.5 Å². The highest BCUT2D eigenvalue weighted by Gasteiger charge is 2.53. The molecule has 1 amide bonds. The van der Waals surface area contributed by atoms with Crippen molar-refractivity contribution in [3.63, 3.8) is 0 Å². The molecule has 11 heteroatoms. The predicted molar refractivity (Wildman–Crippen MR) is 163 cm³/mol. The molecule has 3 aromatic rings. The van der Waals surface area contributed by atoms with E-state index < -0.39 is 20.5 Å². The zero-order valence-electron chi connectivity index (χ0n) is 23.6. The maximum atomic E-state index is 13.3. The van der Waals surface area contributed by atoms with Crippen molar-refractivity contribution >= 4 is 42.4 Å². The molecular formula is C30H35ClN5O4Si+. The van der Waals surface area contributed by atoms with Gasteiger partial charge in [-0.15, -0.1) is 5.43 Å². The summed E-state index contributed by atoms with van der Waals surface area (Å²) < 4.78 is 5.52. The summed E-state index contributed by atoms with van der Waals surface area (Å²) in [6.45, 7) is 6.11. The summed E-state index contributed by atoms with van der Waals surface area (Å²) in [5.74, 6) is 0.465. The van der Waals surface area contributed by atoms with Crippen LogP contribution in [0.25, 0.3) is 0 Å². The number of nitroso groups, excluding NO2 is 1. The van der Waals surface area contributed by atoms with Crippen LogP contribution in [0.15, 0.2) is 71.7 Å². The van der Waals surface area contributed by atoms with Crippen LogP contribution in [0.5, 0.6) is 5.75 Å². The molecule has 0 spiro atoms. The molecule has 3 N–H and O–H groups in total. The second kappa shape index (κ2) is 11.6. The number of ether oxygens (including phenoxy) is 1. The number of hydrogen-bond acceptors (Lipinski definition) is 6. The highest BCUT2D eigenvalue weighted by atomic mass is 35.5. The van der Waals surface area contributed by atoms with Crippen LogP contribution in [-0.2, 0) is 11.2 Å². The van der Waals surface area contributed by atoms with Gasteiger partial charge in [-0.3, -0.25) is 14.7 Å². The topological polar surface area (TPSA) is 106 Å². The first-order valence-corrected chi connectivity index (χ1v) is 17.0. The largest absolute Gasteiger partial charge is 0.497 e. The number of halogens is 1. The third kappa shape index (κ3) is 6.14. The van der Waals surface area contributed by atoms with E-state index in [0.29, 0.717) is 29.4 Å². The molecule has 0 bridgehead atoms. The standard InChI is InChI=1S/C30H34ClN5O4Si/c1-19-34-36(38)30-26(18-28(37)32-15-14-20-6-5-7-24(16-20)41(3,4)39)33-29(21-8-10-22(31)11-9-21)25-17-23(40-2)12-13-27(25)35(19)30/h5-13,16-17,19,26,30,39H,14-15,18H2,1-4H3,(H-,32,34,37,38)/p+1. The molecule has 9 nitrogen and oxygen atoms in total. The highest BCUT2D eigenvalue weighted by Crippen LogP contribution is 2.37. The molecule has 3 unspecified atom stereocenters. The number of nitrogens with zero attached hydrogens (tertiary/aromatic N) is 3. The average Bonchev–Trinajstić information content (AvgIpc) is 3.15. The van der Waals surface area contributed by atoms with Crippen LogP contribution in [0.4, 0.5) is 5.69 Å². The number of methoxy groups -OCH3 is 1. The monoisotopic (exact) mass is 592 g/mol. The molecular weight excluding hydrogens is 558 g/mol. The molecule has 1 fully saturated rings. The normalized spacial score (nSPS) is 20.0. The van der Waals surface area contributed by atoms with Crippen molar-refractivity contribution in [3.05, 3.63) is 93.4 Å². The Labute approximate surface area is 245 Å². The quantitative estimate of drug-likeness (QED) is 0.273. The lowest BCUT2D eigenvalue weighted by Gasteiger charge is -2.24. The highest BCUT2D eigenvalue weighted by molar-refractivity contribution is 6.83. The Morgan fingerprint density at radius 1 is 1.17 bits per heavy atom. The molecule has 0 radical (unpaired) electrons. The van der Waals surface area contributed by atoms with Gasteiger partial charge in [0.05, 0.1) is 29.8 Å². The van der Waals surface area contributed by atoms with Gasteiger partial charge in [-0.05, 0) is 67.5 Å². The van der Waals surface area contributed by atoms with Crippen LogP contribution < -0.4 is 25.6 Å². The minimum Gasteiger partial charge on any atom is -0.497 e. The van der Waals surface area contributed by atoms with Gasteiger partial charge < -0.3 is 14.8 Å². The number of benzene rings is 3. The molecule has 214 valence electrons. The number of aliphatic imine (C=N–C) groups is 1. The first-order valence-electron chi connectivity index (χ1n) is 13.7. The van der Waals surface area contributed by atoms with E-state index in [1.54, 1.807) is 19.2 Å². The number of hydrazine groups is 1. The molecule has 0 aromatic heterocycles. The third-order valence-electron chi connectivity index (χ3n) is 7.51. The summed E-state index contributed by atoms with van der Waals surface area (Å²) in [5.41, 5.74) is 7.10. The van der Waals surface area contributed by atoms with Crippen LogP contribution in [0.1, 0.15) is 30.0 Å². The molecule has 2 aliphatic heterocycles. The summed E-state index contributed by atoms with van der Waals surface area (Å²) in [4.78, 5) is 44.8. The zero-order chi connectivity index (χ0) is 29.3. The average molecular weight is 593 g/mol. The number of carbonyl (C=O) groups excluding carboxylic acids is 1. The number of fused-ring (bicyclic) bond motifs is 3. The number of hydrogen-bond donors (Lipinski definition) is 3. The van der Waals surface area contributed by atoms with Gasteiger partial charge in [0, 0.05) is 22.7 Å². The lowest BCUT2D eigenvalue weighted by Crippen LogP contribution is -2.46. The van der Waals surface area contributed by atoms with Gasteiger partial charge in [-0.1, -0.05) is 48.0 Å². The molecule has 5 rings (SSSR count). The maximum Gasteiger partial charge on any atom is 0.333 e. The van der Waals surface area contributed by atoms with E-state index in [1.165, 1.54) is 0 Å². The second-order valence-electron chi connectivity index (χ2n) is 11.0. The third-order valence-corrected chi connectivity index (χ3v) is 9.49. The Morgan fingerprint density at radius 3 is 2.63 bits per heavy atom. The van der Waals surface area contributed by atoms with Gasteiger partial charge in [0.15, 0.2) is 6.17 Å². The molecule has 0 saturated carbocycles. The van der Waals surface area contributed by atoms with Gasteiger partial charge in [0.1, 0.15) is 16.7 Å². The van der Waals surface area contributed by atoms with Gasteiger partial charge in [-0.25, -0.2) is 0 Å². The Hall–Kier alpha value is -3.73. The SMILES string of the molecule is COc1ccc2c(c1)C(c1ccc(Cl)cc1)=NC(CC(=O)NCCc1cccc([Si](C)(C)O)c1)C1N2C(C)N[N+]1=O. The smallest absolute Gasteiger partial charge is 0.333 e. The van der Waals surface area contributed by atoms with Gasteiger partial charge >= 0.3 is 6.17 Å². The number of amides is 1. The second-order valence-corrected chi connectivity index (χ2v) is 15.1. The first-order chi connectivity index (χ1) is 19.5. The summed E-state index contributed by atoms with van der Waals surface area (Å²) in [6.07, 6.45) is -0.406. The van der Waals surface area contributed by atoms with Crippen molar-refractivity contribution in [3.8, 4) is 5.75 Å². The van der Waals surface area contributed by atoms with Crippen molar-refractivity contribution in [2.75, 3.05) is 18.6 Å². The summed E-state index contributed by atoms with van der Waals surface area (Å²) in [5, 5.41) is 4.57. The van der Waals surface area contributed by atoms with E-state index in [9.17, 15) is 14.5 Å². The van der Waals surface area contributed by atoms with E-state index in [1.807, 2.05) is 79.5 Å². The van der Waals surface area contributed by atoms with E-state index in [4.69, 9.17) is 21.3 Å². The van der Waals surface area contributed by atoms with Gasteiger partial charge in [-0.2, -0.15) is 0 Å². The minimum absolute atomic E-state index is 0.0210. The fraction of sp³-hybridized carbons (Fsp3) is 0.333. The van der Waals surface area contributed by atoms with Crippen molar-refractivity contribution in [1.29, 1.82) is 0 Å². The number of rotatable bonds is 8. The Morgan fingerprint density at radius 2 is 1.93 bits per heavy atom. The summed E-state index contributed by atoms with van der Waals surface area (Å²) in [6, 6.07) is 20.3. The summed E-state index contributed by atoms with van der Waals surface area (Å²) >= 11 is 6.18. The fourth-order valence-corrected chi connectivity index (χ4v) is 6.59. The molecule has 3 atom stereocenters. The molecule has 1 saturated heterocycles. The summed E-state index contributed by atoms with van der Waals surface area (Å²) in [7, 11) is -0.811. The Kier molecular flexibility index (Phi) is 8.17. The maximum absolute atomic E-state index is 13.3. The minimum atomic E-state index is -2.42. The lowest BCUT2D eigenvalue weighted by molar-refractivity contribution is -0.622. The zero-order valence-corrected chi connectivity index (χ0v) is 25.4. The van der Waals surface area contributed by atoms with Crippen molar-refractivity contribution in [2.24, 2.45) is 4.99 Å². The number of anilines is 1. The Balaban J connectivity index is 1.43. The van der Waals surface area contributed by atoms with Crippen molar-refractivity contribution in [2.45, 2.75) is 51.2 Å². The number of nitrogens with one attached hydrogen (secondary N) is 2. The van der Waals surface area contributed by atoms with E-state index in [0.717, 1.165) is 32.4 Å². The van der Waals surface area contributed by atoms with Crippen molar-refractivity contribution < 1.29 is 19.2 Å². The fourth-order valence-electron chi connectivity index (χ4n) is 5.42. The van der Waals surface area contributed by atoms with Crippen LogP contribution in [0.2, 0.25) is 18.1 Å². The van der Waals surface area contributed by atoms with Crippen LogP contribution in [0.3, 0.4) is 0 Å². The van der Waals surface area contributed by atoms with E-state index >= 15 is 0 Å². The predicted octanol–water partition coefficient (Wildman–Crippen LogP) is 3.50. The molecule has 2 aliphatic rings. The van der Waals surface area contributed by atoms with Crippen molar-refractivity contribution in [1.82, 2.24) is 10.7 Å². The van der Waals surface area contributed by atoms with Gasteiger partial charge in [0.25, 0.3) is 0 Å². The van der Waals surface area contributed by atoms with E-state index in [2.05, 4.69) is 10.7 Å². The Bertz CT molecular complexity index is 1490. The number of carbonyl (C=O) groups is 1. The first kappa shape index (κ1) is 28.8. The van der Waals surface area contributed by atoms with Crippen LogP contribution in [0, 0.1) is 4.91 Å². The lowest BCUT2D eigenvalue weighted by atomic mass is 9.99. The molecule has 3 aromatic carbocycles. The molecule has 2 heterocycles. The van der Waals surface area contributed by atoms with Gasteiger partial charge in [0.2, 0.25) is 14.2 Å². The van der Waals surface area contributed by atoms with Crippen LogP contribution >= 0.6 is 11.6 Å². The van der Waals surface area contributed by atoms with Crippen LogP contribution in [-0.4, -0.2) is 61.6 Å². The molecule has 0 aliphatic carbocycles.